The van der Waals surface area contributed by atoms with E-state index in [1.165, 1.54) is 7.11 Å². The van der Waals surface area contributed by atoms with Crippen LogP contribution in [0, 0.1) is 13.8 Å². The molecule has 0 bridgehead atoms. The third kappa shape index (κ3) is 4.34. The molecular formula is C24H23NO3. The van der Waals surface area contributed by atoms with E-state index in [4.69, 9.17) is 4.74 Å². The maximum atomic E-state index is 13.0. The molecule has 3 aromatic rings. The zero-order chi connectivity index (χ0) is 20.1. The molecule has 1 aromatic heterocycles. The number of carbonyl (C=O) groups is 2. The van der Waals surface area contributed by atoms with Crippen molar-refractivity contribution in [3.05, 3.63) is 100 Å². The normalized spacial score (nSPS) is 11.7. The first-order valence-electron chi connectivity index (χ1n) is 9.19. The van der Waals surface area contributed by atoms with E-state index in [0.29, 0.717) is 17.5 Å². The van der Waals surface area contributed by atoms with Crippen LogP contribution in [-0.2, 0) is 4.74 Å². The highest BCUT2D eigenvalue weighted by Crippen LogP contribution is 2.32. The van der Waals surface area contributed by atoms with Gasteiger partial charge in [-0.3, -0.25) is 9.78 Å². The van der Waals surface area contributed by atoms with E-state index in [1.807, 2.05) is 50.2 Å². The van der Waals surface area contributed by atoms with Gasteiger partial charge in [0.25, 0.3) is 0 Å². The Morgan fingerprint density at radius 2 is 1.68 bits per heavy atom. The molecular weight excluding hydrogens is 350 g/mol. The number of methoxy groups -OCH3 is 1. The van der Waals surface area contributed by atoms with Crippen LogP contribution in [0.5, 0.6) is 0 Å². The average molecular weight is 373 g/mol. The SMILES string of the molecule is COC(=O)c1ccc([C@@H](CC(=O)c2ccnc(C)c2)c2ccccc2C)cc1. The summed E-state index contributed by atoms with van der Waals surface area (Å²) in [5.74, 6) is -0.410. The van der Waals surface area contributed by atoms with Gasteiger partial charge in [-0.05, 0) is 54.8 Å². The fraction of sp³-hybridized carbons (Fsp3) is 0.208. The standard InChI is InChI=1S/C24H23NO3/c1-16-6-4-5-7-21(16)22(15-23(26)20-12-13-25-17(2)14-20)18-8-10-19(11-9-18)24(27)28-3/h4-14,22H,15H2,1-3H3/t22-/m1/s1. The maximum Gasteiger partial charge on any atom is 0.337 e. The molecule has 3 rings (SSSR count). The summed E-state index contributed by atoms with van der Waals surface area (Å²) in [5, 5.41) is 0. The van der Waals surface area contributed by atoms with Crippen LogP contribution in [0.25, 0.3) is 0 Å². The lowest BCUT2D eigenvalue weighted by atomic mass is 9.83. The number of pyridine rings is 1. The molecule has 0 saturated heterocycles. The van der Waals surface area contributed by atoms with Gasteiger partial charge in [0.2, 0.25) is 0 Å². The predicted octanol–water partition coefficient (Wildman–Crippen LogP) is 4.89. The first-order valence-corrected chi connectivity index (χ1v) is 9.19. The second kappa shape index (κ2) is 8.61. The fourth-order valence-corrected chi connectivity index (χ4v) is 3.38. The maximum absolute atomic E-state index is 13.0. The fourth-order valence-electron chi connectivity index (χ4n) is 3.38. The van der Waals surface area contributed by atoms with Crippen molar-refractivity contribution >= 4 is 11.8 Å². The number of aromatic nitrogens is 1. The third-order valence-corrected chi connectivity index (χ3v) is 4.91. The number of aryl methyl sites for hydroxylation is 2. The van der Waals surface area contributed by atoms with Crippen molar-refractivity contribution in [3.8, 4) is 0 Å². The highest BCUT2D eigenvalue weighted by Gasteiger charge is 2.21. The van der Waals surface area contributed by atoms with Crippen molar-refractivity contribution in [1.82, 2.24) is 4.98 Å². The Morgan fingerprint density at radius 1 is 0.964 bits per heavy atom. The van der Waals surface area contributed by atoms with Crippen LogP contribution in [0.2, 0.25) is 0 Å². The zero-order valence-electron chi connectivity index (χ0n) is 16.3. The molecule has 4 heteroatoms. The number of nitrogens with zero attached hydrogens (tertiary/aromatic N) is 1. The number of rotatable bonds is 6. The molecule has 0 unspecified atom stereocenters. The number of benzene rings is 2. The van der Waals surface area contributed by atoms with Crippen LogP contribution in [0.4, 0.5) is 0 Å². The summed E-state index contributed by atoms with van der Waals surface area (Å²) in [7, 11) is 1.36. The molecule has 1 atom stereocenters. The van der Waals surface area contributed by atoms with E-state index in [9.17, 15) is 9.59 Å². The van der Waals surface area contributed by atoms with Crippen LogP contribution in [0.15, 0.2) is 66.9 Å². The molecule has 0 aliphatic carbocycles. The molecule has 142 valence electrons. The van der Waals surface area contributed by atoms with Crippen molar-refractivity contribution in [2.75, 3.05) is 7.11 Å². The smallest absolute Gasteiger partial charge is 0.337 e. The number of ether oxygens (including phenoxy) is 1. The number of hydrogen-bond acceptors (Lipinski definition) is 4. The van der Waals surface area contributed by atoms with Gasteiger partial charge < -0.3 is 4.74 Å². The second-order valence-corrected chi connectivity index (χ2v) is 6.84. The number of ketones is 1. The number of carbonyl (C=O) groups excluding carboxylic acids is 2. The lowest BCUT2D eigenvalue weighted by Crippen LogP contribution is -2.11. The third-order valence-electron chi connectivity index (χ3n) is 4.91. The Hall–Kier alpha value is -3.27. The molecule has 28 heavy (non-hydrogen) atoms. The molecule has 1 heterocycles. The topological polar surface area (TPSA) is 56.3 Å². The van der Waals surface area contributed by atoms with Gasteiger partial charge >= 0.3 is 5.97 Å². The summed E-state index contributed by atoms with van der Waals surface area (Å²) >= 11 is 0. The molecule has 0 aliphatic heterocycles. The van der Waals surface area contributed by atoms with E-state index >= 15 is 0 Å². The summed E-state index contributed by atoms with van der Waals surface area (Å²) in [6, 6.07) is 18.9. The minimum Gasteiger partial charge on any atom is -0.465 e. The van der Waals surface area contributed by atoms with Gasteiger partial charge in [-0.25, -0.2) is 4.79 Å². The molecule has 0 fully saturated rings. The summed E-state index contributed by atoms with van der Waals surface area (Å²) in [6.45, 7) is 3.92. The summed E-state index contributed by atoms with van der Waals surface area (Å²) in [5.41, 5.74) is 5.20. The van der Waals surface area contributed by atoms with Crippen molar-refractivity contribution in [2.45, 2.75) is 26.2 Å². The minimum atomic E-state index is -0.373. The van der Waals surface area contributed by atoms with Crippen LogP contribution in [0.3, 0.4) is 0 Å². The Kier molecular flexibility index (Phi) is 5.99. The van der Waals surface area contributed by atoms with E-state index in [-0.39, 0.29) is 17.7 Å². The van der Waals surface area contributed by atoms with E-state index < -0.39 is 0 Å². The van der Waals surface area contributed by atoms with Gasteiger partial charge in [-0.2, -0.15) is 0 Å². The number of Topliss-reactive ketones (excluding diaryl/α,β-unsaturated/α-hetero) is 1. The van der Waals surface area contributed by atoms with Gasteiger partial charge in [0.15, 0.2) is 5.78 Å². The number of esters is 1. The van der Waals surface area contributed by atoms with Crippen LogP contribution >= 0.6 is 0 Å². The molecule has 2 aromatic carbocycles. The quantitative estimate of drug-likeness (QED) is 0.456. The van der Waals surface area contributed by atoms with Crippen LogP contribution in [-0.4, -0.2) is 23.8 Å². The molecule has 0 aliphatic rings. The van der Waals surface area contributed by atoms with Crippen molar-refractivity contribution in [3.63, 3.8) is 0 Å². The number of hydrogen-bond donors (Lipinski definition) is 0. The van der Waals surface area contributed by atoms with Gasteiger partial charge in [-0.15, -0.1) is 0 Å². The molecule has 4 nitrogen and oxygen atoms in total. The average Bonchev–Trinajstić information content (AvgIpc) is 2.72. The molecule has 0 saturated carbocycles. The van der Waals surface area contributed by atoms with E-state index in [2.05, 4.69) is 11.1 Å². The Balaban J connectivity index is 1.97. The Bertz CT molecular complexity index is 993. The lowest BCUT2D eigenvalue weighted by molar-refractivity contribution is 0.0600. The summed E-state index contributed by atoms with van der Waals surface area (Å²) < 4.78 is 4.77. The van der Waals surface area contributed by atoms with E-state index in [0.717, 1.165) is 22.4 Å². The predicted molar refractivity (Wildman–Crippen MR) is 109 cm³/mol. The minimum absolute atomic E-state index is 0.0656. The highest BCUT2D eigenvalue weighted by molar-refractivity contribution is 5.97. The summed E-state index contributed by atoms with van der Waals surface area (Å²) in [6.07, 6.45) is 2.00. The van der Waals surface area contributed by atoms with Gasteiger partial charge in [0.1, 0.15) is 0 Å². The lowest BCUT2D eigenvalue weighted by Gasteiger charge is -2.20. The van der Waals surface area contributed by atoms with Crippen LogP contribution < -0.4 is 0 Å². The second-order valence-electron chi connectivity index (χ2n) is 6.84. The zero-order valence-corrected chi connectivity index (χ0v) is 16.3. The van der Waals surface area contributed by atoms with Gasteiger partial charge in [0.05, 0.1) is 12.7 Å². The molecule has 0 radical (unpaired) electrons. The first-order chi connectivity index (χ1) is 13.5. The van der Waals surface area contributed by atoms with Gasteiger partial charge in [-0.1, -0.05) is 36.4 Å². The van der Waals surface area contributed by atoms with Crippen LogP contribution in [0.1, 0.15) is 55.4 Å². The molecule has 0 N–H and O–H groups in total. The monoisotopic (exact) mass is 373 g/mol. The molecule has 0 spiro atoms. The van der Waals surface area contributed by atoms with Crippen molar-refractivity contribution in [1.29, 1.82) is 0 Å². The Labute approximate surface area is 165 Å². The highest BCUT2D eigenvalue weighted by atomic mass is 16.5. The first kappa shape index (κ1) is 19.5. The van der Waals surface area contributed by atoms with E-state index in [1.54, 1.807) is 24.4 Å². The van der Waals surface area contributed by atoms with Crippen molar-refractivity contribution in [2.24, 2.45) is 0 Å². The molecule has 0 amide bonds. The van der Waals surface area contributed by atoms with Gasteiger partial charge in [0, 0.05) is 29.8 Å². The summed E-state index contributed by atoms with van der Waals surface area (Å²) in [4.78, 5) is 28.9. The Morgan fingerprint density at radius 3 is 2.32 bits per heavy atom. The van der Waals surface area contributed by atoms with Crippen molar-refractivity contribution < 1.29 is 14.3 Å². The largest absolute Gasteiger partial charge is 0.465 e.